The van der Waals surface area contributed by atoms with Gasteiger partial charge in [0.2, 0.25) is 0 Å². The molecule has 5 heteroatoms. The van der Waals surface area contributed by atoms with E-state index in [-0.39, 0.29) is 5.91 Å². The van der Waals surface area contributed by atoms with Crippen LogP contribution in [0.4, 0.5) is 0 Å². The lowest BCUT2D eigenvalue weighted by molar-refractivity contribution is 0.0951. The Balaban J connectivity index is 1.60. The number of amides is 1. The zero-order chi connectivity index (χ0) is 14.7. The van der Waals surface area contributed by atoms with E-state index < -0.39 is 0 Å². The van der Waals surface area contributed by atoms with E-state index in [1.807, 2.05) is 24.3 Å². The van der Waals surface area contributed by atoms with Gasteiger partial charge in [-0.2, -0.15) is 0 Å². The molecule has 1 fully saturated rings. The predicted octanol–water partition coefficient (Wildman–Crippen LogP) is 3.77. The molecular formula is C16H19ClN2OS. The first-order valence-electron chi connectivity index (χ1n) is 7.43. The monoisotopic (exact) mass is 322 g/mol. The topological polar surface area (TPSA) is 32.3 Å². The molecule has 0 aliphatic carbocycles. The van der Waals surface area contributed by atoms with Gasteiger partial charge in [-0.3, -0.25) is 4.79 Å². The van der Waals surface area contributed by atoms with E-state index in [1.54, 1.807) is 0 Å². The van der Waals surface area contributed by atoms with Crippen LogP contribution in [0, 0.1) is 0 Å². The van der Waals surface area contributed by atoms with Crippen molar-refractivity contribution in [3.8, 4) is 0 Å². The maximum absolute atomic E-state index is 12.3. The maximum Gasteiger partial charge on any atom is 0.262 e. The number of hydrogen-bond acceptors (Lipinski definition) is 3. The van der Waals surface area contributed by atoms with Crippen LogP contribution in [0.15, 0.2) is 24.3 Å². The second kappa shape index (κ2) is 6.77. The number of rotatable bonds is 4. The van der Waals surface area contributed by atoms with E-state index in [1.165, 1.54) is 30.6 Å². The van der Waals surface area contributed by atoms with Crippen molar-refractivity contribution in [1.82, 2.24) is 10.2 Å². The highest BCUT2D eigenvalue weighted by Gasteiger charge is 2.17. The molecule has 1 aromatic carbocycles. The minimum absolute atomic E-state index is 0.0572. The van der Waals surface area contributed by atoms with Crippen molar-refractivity contribution in [1.29, 1.82) is 0 Å². The largest absolute Gasteiger partial charge is 0.350 e. The number of halogens is 1. The molecule has 0 radical (unpaired) electrons. The average Bonchev–Trinajstić information content (AvgIpc) is 2.86. The molecule has 1 saturated heterocycles. The van der Waals surface area contributed by atoms with E-state index >= 15 is 0 Å². The van der Waals surface area contributed by atoms with E-state index in [2.05, 4.69) is 10.2 Å². The summed E-state index contributed by atoms with van der Waals surface area (Å²) in [5.41, 5.74) is 0. The van der Waals surface area contributed by atoms with Gasteiger partial charge in [0.1, 0.15) is 4.88 Å². The Morgan fingerprint density at radius 2 is 2.00 bits per heavy atom. The Hall–Kier alpha value is -1.10. The Bertz CT molecular complexity index is 634. The van der Waals surface area contributed by atoms with Crippen LogP contribution in [-0.4, -0.2) is 37.0 Å². The lowest BCUT2D eigenvalue weighted by atomic mass is 10.1. The Morgan fingerprint density at radius 3 is 2.76 bits per heavy atom. The fourth-order valence-electron chi connectivity index (χ4n) is 2.75. The second-order valence-electron chi connectivity index (χ2n) is 5.40. The first-order valence-corrected chi connectivity index (χ1v) is 8.63. The van der Waals surface area contributed by atoms with Crippen LogP contribution < -0.4 is 5.32 Å². The van der Waals surface area contributed by atoms with Crippen molar-refractivity contribution in [2.75, 3.05) is 26.2 Å². The molecule has 1 N–H and O–H groups in total. The molecule has 3 nitrogen and oxygen atoms in total. The number of thiophene rings is 1. The molecule has 3 rings (SSSR count). The number of nitrogens with one attached hydrogen (secondary N) is 1. The Morgan fingerprint density at radius 1 is 1.24 bits per heavy atom. The lowest BCUT2D eigenvalue weighted by Gasteiger charge is -2.26. The maximum atomic E-state index is 12.3. The van der Waals surface area contributed by atoms with Crippen molar-refractivity contribution >= 4 is 38.9 Å². The van der Waals surface area contributed by atoms with E-state index in [9.17, 15) is 4.79 Å². The Labute approximate surface area is 133 Å². The molecule has 0 saturated carbocycles. The van der Waals surface area contributed by atoms with Crippen molar-refractivity contribution < 1.29 is 4.79 Å². The van der Waals surface area contributed by atoms with Crippen molar-refractivity contribution in [3.63, 3.8) is 0 Å². The highest BCUT2D eigenvalue weighted by atomic mass is 35.5. The molecule has 1 aromatic heterocycles. The number of piperidine rings is 1. The summed E-state index contributed by atoms with van der Waals surface area (Å²) in [6, 6.07) is 7.86. The summed E-state index contributed by atoms with van der Waals surface area (Å²) in [4.78, 5) is 15.3. The normalized spacial score (nSPS) is 16.2. The Kier molecular flexibility index (Phi) is 4.78. The van der Waals surface area contributed by atoms with Gasteiger partial charge in [0.15, 0.2) is 0 Å². The SMILES string of the molecule is O=C(NCCN1CCCCC1)c1sc2ccccc2c1Cl. The molecule has 2 heterocycles. The molecule has 0 bridgehead atoms. The van der Waals surface area contributed by atoms with Gasteiger partial charge in [0, 0.05) is 23.2 Å². The molecule has 1 amide bonds. The van der Waals surface area contributed by atoms with Crippen LogP contribution in [0.2, 0.25) is 5.02 Å². The smallest absolute Gasteiger partial charge is 0.262 e. The van der Waals surface area contributed by atoms with Crippen molar-refractivity contribution in [3.05, 3.63) is 34.2 Å². The first kappa shape index (κ1) is 14.8. The molecule has 1 aliphatic heterocycles. The molecule has 1 aliphatic rings. The summed E-state index contributed by atoms with van der Waals surface area (Å²) in [5, 5.41) is 4.53. The number of carbonyl (C=O) groups excluding carboxylic acids is 1. The van der Waals surface area contributed by atoms with Crippen LogP contribution in [0.25, 0.3) is 10.1 Å². The summed E-state index contributed by atoms with van der Waals surface area (Å²) in [6.45, 7) is 3.91. The predicted molar refractivity (Wildman–Crippen MR) is 89.5 cm³/mol. The third-order valence-corrected chi connectivity index (χ3v) is 5.58. The standard InChI is InChI=1S/C16H19ClN2OS/c17-14-12-6-2-3-7-13(12)21-15(14)16(20)18-8-11-19-9-4-1-5-10-19/h2-3,6-7H,1,4-5,8-11H2,(H,18,20). The number of fused-ring (bicyclic) bond motifs is 1. The minimum atomic E-state index is -0.0572. The van der Waals surface area contributed by atoms with Gasteiger partial charge in [-0.1, -0.05) is 36.2 Å². The van der Waals surface area contributed by atoms with E-state index in [0.29, 0.717) is 16.4 Å². The van der Waals surface area contributed by atoms with Crippen molar-refractivity contribution in [2.24, 2.45) is 0 Å². The minimum Gasteiger partial charge on any atom is -0.350 e. The number of hydrogen-bond donors (Lipinski definition) is 1. The zero-order valence-corrected chi connectivity index (χ0v) is 13.5. The molecule has 2 aromatic rings. The van der Waals surface area contributed by atoms with E-state index in [0.717, 1.165) is 29.7 Å². The summed E-state index contributed by atoms with van der Waals surface area (Å²) in [7, 11) is 0. The molecular weight excluding hydrogens is 304 g/mol. The molecule has 21 heavy (non-hydrogen) atoms. The van der Waals surface area contributed by atoms with Crippen LogP contribution in [-0.2, 0) is 0 Å². The van der Waals surface area contributed by atoms with Gasteiger partial charge < -0.3 is 10.2 Å². The molecule has 112 valence electrons. The van der Waals surface area contributed by atoms with Crippen molar-refractivity contribution in [2.45, 2.75) is 19.3 Å². The van der Waals surface area contributed by atoms with Crippen LogP contribution in [0.3, 0.4) is 0 Å². The quantitative estimate of drug-likeness (QED) is 0.929. The number of carbonyl (C=O) groups is 1. The van der Waals surface area contributed by atoms with Crippen LogP contribution in [0.1, 0.15) is 28.9 Å². The summed E-state index contributed by atoms with van der Waals surface area (Å²) < 4.78 is 1.06. The number of nitrogens with zero attached hydrogens (tertiary/aromatic N) is 1. The number of benzene rings is 1. The highest BCUT2D eigenvalue weighted by Crippen LogP contribution is 2.34. The summed E-state index contributed by atoms with van der Waals surface area (Å²) in [6.07, 6.45) is 3.88. The average molecular weight is 323 g/mol. The zero-order valence-electron chi connectivity index (χ0n) is 11.9. The highest BCUT2D eigenvalue weighted by molar-refractivity contribution is 7.21. The van der Waals surface area contributed by atoms with Gasteiger partial charge in [-0.15, -0.1) is 11.3 Å². The van der Waals surface area contributed by atoms with Crippen LogP contribution in [0.5, 0.6) is 0 Å². The molecule has 0 spiro atoms. The van der Waals surface area contributed by atoms with Gasteiger partial charge >= 0.3 is 0 Å². The third-order valence-electron chi connectivity index (χ3n) is 3.90. The fraction of sp³-hybridized carbons (Fsp3) is 0.438. The second-order valence-corrected chi connectivity index (χ2v) is 6.83. The summed E-state index contributed by atoms with van der Waals surface area (Å²) >= 11 is 7.78. The van der Waals surface area contributed by atoms with E-state index in [4.69, 9.17) is 11.6 Å². The number of likely N-dealkylation sites (tertiary alicyclic amines) is 1. The third kappa shape index (κ3) is 3.39. The lowest BCUT2D eigenvalue weighted by Crippen LogP contribution is -2.37. The molecule has 0 atom stereocenters. The molecule has 0 unspecified atom stereocenters. The first-order chi connectivity index (χ1) is 10.3. The van der Waals surface area contributed by atoms with Gasteiger partial charge in [-0.05, 0) is 32.0 Å². The van der Waals surface area contributed by atoms with Gasteiger partial charge in [0.25, 0.3) is 5.91 Å². The fourth-order valence-corrected chi connectivity index (χ4v) is 4.18. The van der Waals surface area contributed by atoms with Gasteiger partial charge in [-0.25, -0.2) is 0 Å². The van der Waals surface area contributed by atoms with Crippen LogP contribution >= 0.6 is 22.9 Å². The summed E-state index contributed by atoms with van der Waals surface area (Å²) in [5.74, 6) is -0.0572. The van der Waals surface area contributed by atoms with Gasteiger partial charge in [0.05, 0.1) is 5.02 Å².